The van der Waals surface area contributed by atoms with Gasteiger partial charge in [0, 0.05) is 33.1 Å². The van der Waals surface area contributed by atoms with Gasteiger partial charge in [-0.05, 0) is 78.4 Å². The van der Waals surface area contributed by atoms with E-state index in [1.165, 1.54) is 23.1 Å². The average Bonchev–Trinajstić information content (AvgIpc) is 3.64. The van der Waals surface area contributed by atoms with Crippen LogP contribution in [0, 0.1) is 19.3 Å². The summed E-state index contributed by atoms with van der Waals surface area (Å²) >= 11 is 0. The lowest BCUT2D eigenvalue weighted by Crippen LogP contribution is -2.27. The second-order valence-corrected chi connectivity index (χ2v) is 12.3. The number of benzene rings is 5. The summed E-state index contributed by atoms with van der Waals surface area (Å²) in [6.07, 6.45) is 18.2. The quantitative estimate of drug-likeness (QED) is 0.0953. The van der Waals surface area contributed by atoms with Crippen LogP contribution < -0.4 is 10.6 Å². The first-order valence-electron chi connectivity index (χ1n) is 17.2. The molecule has 0 fully saturated rings. The Bertz CT molecular complexity index is 2370. The standard InChI is InChI=1S/C32H25NO.C13H12.C3H8/c1-5-7-11-24(10-6-2)15-19-29-23(4)26-17-14-22(3)20-30(26)33(29)25-16-18-28-27-12-8-9-13-31(27)34-32(28)21-25;1-3-7-12(8-4-1)11-13-9-5-2-6-10-13;1-3-2/h1,6-9,11-21H,2,4,10H2,3H3;1-10H,11H2;3H2,1-2H3/b11-7-,24-15+,29-19+;;. The molecular formula is C48H45NO. The third kappa shape index (κ3) is 8.51. The van der Waals surface area contributed by atoms with Gasteiger partial charge in [-0.15, -0.1) is 13.0 Å². The van der Waals surface area contributed by atoms with Crippen molar-refractivity contribution in [3.8, 4) is 18.0 Å². The van der Waals surface area contributed by atoms with Crippen LogP contribution in [-0.4, -0.2) is 4.57 Å². The molecule has 2 heterocycles. The van der Waals surface area contributed by atoms with Gasteiger partial charge in [-0.2, -0.15) is 0 Å². The molecule has 0 bridgehead atoms. The summed E-state index contributed by atoms with van der Waals surface area (Å²) in [5.41, 5.74) is 8.91. The summed E-state index contributed by atoms with van der Waals surface area (Å²) in [6.45, 7) is 14.7. The average molecular weight is 652 g/mol. The van der Waals surface area contributed by atoms with E-state index >= 15 is 0 Å². The summed E-state index contributed by atoms with van der Waals surface area (Å²) in [4.78, 5) is 0. The van der Waals surface area contributed by atoms with E-state index in [4.69, 9.17) is 10.8 Å². The minimum absolute atomic E-state index is 0.728. The third-order valence-corrected chi connectivity index (χ3v) is 8.21. The van der Waals surface area contributed by atoms with E-state index in [-0.39, 0.29) is 0 Å². The maximum atomic E-state index is 6.18. The molecule has 5 aromatic carbocycles. The van der Waals surface area contributed by atoms with E-state index < -0.39 is 0 Å². The first kappa shape index (κ1) is 35.3. The zero-order valence-electron chi connectivity index (χ0n) is 29.4. The molecule has 0 N–H and O–H groups in total. The number of hydrogen-bond acceptors (Lipinski definition) is 1. The first-order valence-corrected chi connectivity index (χ1v) is 17.2. The van der Waals surface area contributed by atoms with Gasteiger partial charge < -0.3 is 8.98 Å². The van der Waals surface area contributed by atoms with Crippen LogP contribution in [0.3, 0.4) is 0 Å². The van der Waals surface area contributed by atoms with E-state index in [0.29, 0.717) is 0 Å². The second-order valence-electron chi connectivity index (χ2n) is 12.3. The Balaban J connectivity index is 0.000000252. The Labute approximate surface area is 296 Å². The number of rotatable bonds is 7. The molecule has 0 saturated carbocycles. The maximum Gasteiger partial charge on any atom is 0.137 e. The zero-order chi connectivity index (χ0) is 35.3. The van der Waals surface area contributed by atoms with Crippen molar-refractivity contribution in [3.63, 3.8) is 0 Å². The number of furan rings is 1. The Morgan fingerprint density at radius 3 is 2.06 bits per heavy atom. The van der Waals surface area contributed by atoms with Gasteiger partial charge in [0.2, 0.25) is 0 Å². The molecule has 0 aliphatic carbocycles. The molecule has 0 aliphatic heterocycles. The number of aryl methyl sites for hydroxylation is 1. The lowest BCUT2D eigenvalue weighted by atomic mass is 10.1. The number of terminal acetylenes is 1. The van der Waals surface area contributed by atoms with Crippen molar-refractivity contribution >= 4 is 45.5 Å². The molecule has 0 unspecified atom stereocenters. The molecule has 0 radical (unpaired) electrons. The lowest BCUT2D eigenvalue weighted by Gasteiger charge is -2.07. The fourth-order valence-electron chi connectivity index (χ4n) is 5.92. The van der Waals surface area contributed by atoms with Crippen LogP contribution in [0.5, 0.6) is 0 Å². The van der Waals surface area contributed by atoms with Gasteiger partial charge in [-0.25, -0.2) is 0 Å². The molecule has 2 heteroatoms. The topological polar surface area (TPSA) is 18.1 Å². The lowest BCUT2D eigenvalue weighted by molar-refractivity contribution is 0.668. The molecule has 2 aromatic heterocycles. The largest absolute Gasteiger partial charge is 0.456 e. The molecule has 0 amide bonds. The normalized spacial score (nSPS) is 11.6. The van der Waals surface area contributed by atoms with Gasteiger partial charge in [0.15, 0.2) is 0 Å². The van der Waals surface area contributed by atoms with Crippen LogP contribution in [0.15, 0.2) is 162 Å². The van der Waals surface area contributed by atoms with Crippen molar-refractivity contribution in [2.24, 2.45) is 0 Å². The second kappa shape index (κ2) is 17.4. The highest BCUT2D eigenvalue weighted by Crippen LogP contribution is 2.30. The first-order chi connectivity index (χ1) is 24.5. The van der Waals surface area contributed by atoms with Crippen LogP contribution in [0.4, 0.5) is 0 Å². The molecule has 7 aromatic rings. The third-order valence-electron chi connectivity index (χ3n) is 8.21. The van der Waals surface area contributed by atoms with Crippen LogP contribution in [0.1, 0.15) is 43.4 Å². The highest BCUT2D eigenvalue weighted by molar-refractivity contribution is 6.05. The molecule has 0 spiro atoms. The summed E-state index contributed by atoms with van der Waals surface area (Å²) in [7, 11) is 0. The van der Waals surface area contributed by atoms with Gasteiger partial charge in [0.1, 0.15) is 11.2 Å². The van der Waals surface area contributed by atoms with Gasteiger partial charge in [0.25, 0.3) is 0 Å². The summed E-state index contributed by atoms with van der Waals surface area (Å²) in [5.74, 6) is 2.56. The molecule has 7 rings (SSSR count). The number of hydrogen-bond donors (Lipinski definition) is 0. The summed E-state index contributed by atoms with van der Waals surface area (Å²) < 4.78 is 8.44. The van der Waals surface area contributed by atoms with E-state index in [1.807, 2.05) is 30.4 Å². The van der Waals surface area contributed by atoms with E-state index in [1.54, 1.807) is 6.08 Å². The molecule has 0 atom stereocenters. The Morgan fingerprint density at radius 1 is 0.780 bits per heavy atom. The minimum Gasteiger partial charge on any atom is -0.456 e. The fourth-order valence-corrected chi connectivity index (χ4v) is 5.92. The van der Waals surface area contributed by atoms with Gasteiger partial charge in [0.05, 0.1) is 10.9 Å². The predicted molar refractivity (Wildman–Crippen MR) is 217 cm³/mol. The van der Waals surface area contributed by atoms with Crippen LogP contribution in [0.2, 0.25) is 0 Å². The molecule has 248 valence electrons. The maximum absolute atomic E-state index is 6.18. The molecule has 0 saturated heterocycles. The molecular weight excluding hydrogens is 607 g/mol. The number of allylic oxidation sites excluding steroid dienone is 5. The van der Waals surface area contributed by atoms with Crippen LogP contribution in [0.25, 0.3) is 51.2 Å². The summed E-state index contributed by atoms with van der Waals surface area (Å²) in [6, 6.07) is 42.1. The smallest absolute Gasteiger partial charge is 0.137 e. The van der Waals surface area contributed by atoms with E-state index in [0.717, 1.165) is 67.5 Å². The van der Waals surface area contributed by atoms with Crippen molar-refractivity contribution < 1.29 is 4.42 Å². The molecule has 50 heavy (non-hydrogen) atoms. The van der Waals surface area contributed by atoms with Crippen LogP contribution in [-0.2, 0) is 6.42 Å². The number of nitrogens with zero attached hydrogens (tertiary/aromatic N) is 1. The Morgan fingerprint density at radius 2 is 1.40 bits per heavy atom. The van der Waals surface area contributed by atoms with Crippen molar-refractivity contribution in [1.29, 1.82) is 0 Å². The Kier molecular flexibility index (Phi) is 12.3. The predicted octanol–water partition coefficient (Wildman–Crippen LogP) is 11.4. The van der Waals surface area contributed by atoms with E-state index in [2.05, 4.69) is 160 Å². The minimum atomic E-state index is 0.728. The van der Waals surface area contributed by atoms with Crippen LogP contribution >= 0.6 is 0 Å². The number of aromatic nitrogens is 1. The Hall–Kier alpha value is -6.04. The SMILES string of the molecule is C#C\C=C/C(=C/C=c1\c(=C)c2ccc(C)cc2n1-c1ccc2c(c1)oc1ccccc12)CC=C.CCC.c1ccc(Cc2ccccc2)cc1. The zero-order valence-corrected chi connectivity index (χ0v) is 29.4. The summed E-state index contributed by atoms with van der Waals surface area (Å²) in [5, 5.41) is 5.36. The van der Waals surface area contributed by atoms with Crippen molar-refractivity contribution in [2.75, 3.05) is 0 Å². The van der Waals surface area contributed by atoms with Crippen molar-refractivity contribution in [3.05, 3.63) is 185 Å². The molecule has 0 aliphatic rings. The number of para-hydroxylation sites is 1. The van der Waals surface area contributed by atoms with E-state index in [9.17, 15) is 0 Å². The highest BCUT2D eigenvalue weighted by Gasteiger charge is 2.12. The number of fused-ring (bicyclic) bond motifs is 4. The van der Waals surface area contributed by atoms with Crippen molar-refractivity contribution in [1.82, 2.24) is 4.57 Å². The van der Waals surface area contributed by atoms with Gasteiger partial charge in [-0.1, -0.05) is 142 Å². The monoisotopic (exact) mass is 651 g/mol. The van der Waals surface area contributed by atoms with Crippen molar-refractivity contribution in [2.45, 2.75) is 40.0 Å². The fraction of sp³-hybridized carbons (Fsp3) is 0.125. The highest BCUT2D eigenvalue weighted by atomic mass is 16.3. The molecule has 2 nitrogen and oxygen atoms in total. The van der Waals surface area contributed by atoms with Gasteiger partial charge in [-0.3, -0.25) is 0 Å². The van der Waals surface area contributed by atoms with Gasteiger partial charge >= 0.3 is 0 Å².